The zero-order valence-corrected chi connectivity index (χ0v) is 22.8. The van der Waals surface area contributed by atoms with Gasteiger partial charge in [0, 0.05) is 25.0 Å². The van der Waals surface area contributed by atoms with Gasteiger partial charge in [0.1, 0.15) is 0 Å². The van der Waals surface area contributed by atoms with Crippen LogP contribution in [0.5, 0.6) is 0 Å². The molecular formula is C25H27Cl3F3N5O. The van der Waals surface area contributed by atoms with Gasteiger partial charge in [-0.05, 0) is 36.6 Å². The Balaban J connectivity index is 1.57. The molecule has 2 aromatic carbocycles. The van der Waals surface area contributed by atoms with Crippen molar-refractivity contribution in [3.63, 3.8) is 0 Å². The maximum Gasteiger partial charge on any atom is 0.393 e. The van der Waals surface area contributed by atoms with Crippen LogP contribution in [0, 0.1) is 11.3 Å². The van der Waals surface area contributed by atoms with Crippen LogP contribution < -0.4 is 15.5 Å². The van der Waals surface area contributed by atoms with Gasteiger partial charge in [-0.3, -0.25) is 4.79 Å². The van der Waals surface area contributed by atoms with E-state index in [4.69, 9.17) is 34.8 Å². The molecule has 1 atom stereocenters. The minimum atomic E-state index is -4.25. The molecule has 0 aliphatic carbocycles. The number of fused-ring (bicyclic) bond motifs is 1. The number of rotatable bonds is 5. The first-order valence-corrected chi connectivity index (χ1v) is 12.9. The highest BCUT2D eigenvalue weighted by Gasteiger charge is 2.42. The van der Waals surface area contributed by atoms with Crippen molar-refractivity contribution < 1.29 is 18.0 Å². The van der Waals surface area contributed by atoms with E-state index in [1.54, 1.807) is 29.2 Å². The van der Waals surface area contributed by atoms with Crippen molar-refractivity contribution >= 4 is 69.1 Å². The summed E-state index contributed by atoms with van der Waals surface area (Å²) >= 11 is 19.5. The number of piperidine rings is 1. The lowest BCUT2D eigenvalue weighted by molar-refractivity contribution is -0.176. The van der Waals surface area contributed by atoms with Crippen LogP contribution in [0.4, 0.5) is 30.5 Å². The Bertz CT molecular complexity index is 1320. The smallest absolute Gasteiger partial charge is 0.370 e. The quantitative estimate of drug-likeness (QED) is 0.291. The van der Waals surface area contributed by atoms with E-state index in [9.17, 15) is 18.0 Å². The summed E-state index contributed by atoms with van der Waals surface area (Å²) in [5.74, 6) is -1.18. The standard InChI is InChI=1S/C25H27Cl3F3N5O/c1-24(2,3)22(37)32-11-13-6-7-15(26)21(20(13)28)35-23-33-17-9-16(27)19(10-18(17)34-23)36-8-4-5-14(12-36)25(29,30)31/h6-7,9-10,14H,4-5,8,11-12H2,1-3H3,(H,32,37)(H2,33,34,35). The van der Waals surface area contributed by atoms with Gasteiger partial charge in [0.15, 0.2) is 0 Å². The molecule has 1 saturated heterocycles. The Kier molecular flexibility index (Phi) is 7.79. The number of benzene rings is 2. The van der Waals surface area contributed by atoms with Crippen LogP contribution in [0.15, 0.2) is 24.3 Å². The first kappa shape index (κ1) is 27.7. The highest BCUT2D eigenvalue weighted by Crippen LogP contribution is 2.39. The zero-order chi connectivity index (χ0) is 27.1. The van der Waals surface area contributed by atoms with Crippen LogP contribution in [-0.2, 0) is 11.3 Å². The van der Waals surface area contributed by atoms with E-state index in [-0.39, 0.29) is 25.4 Å². The van der Waals surface area contributed by atoms with Crippen molar-refractivity contribution in [1.29, 1.82) is 0 Å². The molecule has 0 bridgehead atoms. The van der Waals surface area contributed by atoms with E-state index >= 15 is 0 Å². The summed E-state index contributed by atoms with van der Waals surface area (Å²) in [5, 5.41) is 6.95. The largest absolute Gasteiger partial charge is 0.393 e. The van der Waals surface area contributed by atoms with Gasteiger partial charge in [0.25, 0.3) is 0 Å². The van der Waals surface area contributed by atoms with Gasteiger partial charge in [0.05, 0.1) is 43.4 Å². The third-order valence-electron chi connectivity index (χ3n) is 6.31. The lowest BCUT2D eigenvalue weighted by atomic mass is 9.95. The summed E-state index contributed by atoms with van der Waals surface area (Å²) in [4.78, 5) is 21.5. The van der Waals surface area contributed by atoms with Crippen molar-refractivity contribution in [2.75, 3.05) is 23.3 Å². The van der Waals surface area contributed by atoms with E-state index in [0.29, 0.717) is 62.0 Å². The normalized spacial score (nSPS) is 16.8. The highest BCUT2D eigenvalue weighted by atomic mass is 35.5. The number of H-pyrrole nitrogens is 1. The molecule has 1 amide bonds. The fourth-order valence-corrected chi connectivity index (χ4v) is 5.01. The molecule has 3 N–H and O–H groups in total. The second kappa shape index (κ2) is 10.4. The zero-order valence-electron chi connectivity index (χ0n) is 20.5. The van der Waals surface area contributed by atoms with Crippen molar-refractivity contribution in [2.24, 2.45) is 11.3 Å². The van der Waals surface area contributed by atoms with Crippen LogP contribution in [0.2, 0.25) is 15.1 Å². The van der Waals surface area contributed by atoms with Gasteiger partial charge in [-0.2, -0.15) is 13.2 Å². The molecule has 1 aromatic heterocycles. The molecule has 4 rings (SSSR count). The molecule has 200 valence electrons. The summed E-state index contributed by atoms with van der Waals surface area (Å²) in [6, 6.07) is 6.72. The van der Waals surface area contributed by atoms with Gasteiger partial charge < -0.3 is 20.5 Å². The molecule has 37 heavy (non-hydrogen) atoms. The maximum atomic E-state index is 13.3. The third-order valence-corrected chi connectivity index (χ3v) is 7.36. The Labute approximate surface area is 227 Å². The van der Waals surface area contributed by atoms with E-state index < -0.39 is 17.5 Å². The molecular weight excluding hydrogens is 550 g/mol. The van der Waals surface area contributed by atoms with Crippen molar-refractivity contribution in [2.45, 2.75) is 46.3 Å². The number of imidazole rings is 1. The Morgan fingerprint density at radius 3 is 2.57 bits per heavy atom. The van der Waals surface area contributed by atoms with Gasteiger partial charge in [-0.15, -0.1) is 0 Å². The molecule has 1 aliphatic heterocycles. The Morgan fingerprint density at radius 2 is 1.89 bits per heavy atom. The number of anilines is 3. The van der Waals surface area contributed by atoms with Crippen LogP contribution in [-0.4, -0.2) is 35.1 Å². The highest BCUT2D eigenvalue weighted by molar-refractivity contribution is 6.39. The topological polar surface area (TPSA) is 73.1 Å². The molecule has 3 aromatic rings. The molecule has 12 heteroatoms. The summed E-state index contributed by atoms with van der Waals surface area (Å²) in [6.07, 6.45) is -3.71. The fraction of sp³-hybridized carbons (Fsp3) is 0.440. The lowest BCUT2D eigenvalue weighted by Crippen LogP contribution is -2.41. The summed E-state index contributed by atoms with van der Waals surface area (Å²) in [7, 11) is 0. The number of carbonyl (C=O) groups is 1. The third kappa shape index (κ3) is 6.21. The van der Waals surface area contributed by atoms with Crippen LogP contribution in [0.3, 0.4) is 0 Å². The second-order valence-corrected chi connectivity index (χ2v) is 11.4. The summed E-state index contributed by atoms with van der Waals surface area (Å²) < 4.78 is 39.9. The monoisotopic (exact) mass is 575 g/mol. The number of amides is 1. The van der Waals surface area contributed by atoms with Gasteiger partial charge in [-0.25, -0.2) is 4.98 Å². The average molecular weight is 577 g/mol. The molecule has 1 unspecified atom stereocenters. The van der Waals surface area contributed by atoms with Gasteiger partial charge in [0.2, 0.25) is 11.9 Å². The Hall–Kier alpha value is -2.36. The number of aromatic amines is 1. The summed E-state index contributed by atoms with van der Waals surface area (Å²) in [6.45, 7) is 6.01. The molecule has 1 aliphatic rings. The minimum absolute atomic E-state index is 0.108. The number of aromatic nitrogens is 2. The lowest BCUT2D eigenvalue weighted by Gasteiger charge is -2.35. The first-order chi connectivity index (χ1) is 17.2. The van der Waals surface area contributed by atoms with Gasteiger partial charge in [-0.1, -0.05) is 61.6 Å². The molecule has 6 nitrogen and oxygen atoms in total. The molecule has 0 radical (unpaired) electrons. The number of halogens is 6. The number of nitrogens with one attached hydrogen (secondary N) is 3. The molecule has 0 spiro atoms. The second-order valence-electron chi connectivity index (χ2n) is 10.2. The van der Waals surface area contributed by atoms with Crippen LogP contribution in [0.25, 0.3) is 11.0 Å². The number of carbonyl (C=O) groups excluding carboxylic acids is 1. The predicted molar refractivity (Wildman–Crippen MR) is 143 cm³/mol. The number of hydrogen-bond donors (Lipinski definition) is 3. The van der Waals surface area contributed by atoms with Crippen molar-refractivity contribution in [1.82, 2.24) is 15.3 Å². The number of alkyl halides is 3. The minimum Gasteiger partial charge on any atom is -0.370 e. The Morgan fingerprint density at radius 1 is 1.16 bits per heavy atom. The van der Waals surface area contributed by atoms with Crippen molar-refractivity contribution in [3.8, 4) is 0 Å². The van der Waals surface area contributed by atoms with E-state index in [0.717, 1.165) is 0 Å². The summed E-state index contributed by atoms with van der Waals surface area (Å²) in [5.41, 5.74) is 2.15. The van der Waals surface area contributed by atoms with Crippen LogP contribution >= 0.6 is 34.8 Å². The van der Waals surface area contributed by atoms with Gasteiger partial charge >= 0.3 is 6.18 Å². The first-order valence-electron chi connectivity index (χ1n) is 11.8. The van der Waals surface area contributed by atoms with Crippen molar-refractivity contribution in [3.05, 3.63) is 44.9 Å². The molecule has 1 fully saturated rings. The van der Waals surface area contributed by atoms with E-state index in [1.807, 2.05) is 20.8 Å². The maximum absolute atomic E-state index is 13.3. The average Bonchev–Trinajstić information content (AvgIpc) is 3.20. The van der Waals surface area contributed by atoms with E-state index in [2.05, 4.69) is 20.6 Å². The fourth-order valence-electron chi connectivity index (χ4n) is 4.19. The SMILES string of the molecule is CC(C)(C)C(=O)NCc1ccc(Cl)c(Nc2nc3cc(N4CCCC(C(F)(F)F)C4)c(Cl)cc3[nH]2)c1Cl. The predicted octanol–water partition coefficient (Wildman–Crippen LogP) is 7.71. The number of nitrogens with zero attached hydrogens (tertiary/aromatic N) is 2. The number of hydrogen-bond acceptors (Lipinski definition) is 4. The molecule has 2 heterocycles. The molecule has 0 saturated carbocycles. The van der Waals surface area contributed by atoms with E-state index in [1.165, 1.54) is 0 Å². The van der Waals surface area contributed by atoms with Crippen LogP contribution in [0.1, 0.15) is 39.2 Å².